The summed E-state index contributed by atoms with van der Waals surface area (Å²) < 4.78 is 0.369. The molecule has 0 spiro atoms. The molecule has 0 aliphatic heterocycles. The first-order valence-corrected chi connectivity index (χ1v) is 9.20. The Labute approximate surface area is 133 Å². The van der Waals surface area contributed by atoms with Crippen LogP contribution in [-0.4, -0.2) is 40.7 Å². The SMILES string of the molecule is CCCCCCCCCCCC[N+](C)(C(C)O)C(O)CC. The van der Waals surface area contributed by atoms with Crippen molar-refractivity contribution in [3.05, 3.63) is 0 Å². The van der Waals surface area contributed by atoms with Gasteiger partial charge in [0.05, 0.1) is 13.6 Å². The van der Waals surface area contributed by atoms with Crippen LogP contribution in [-0.2, 0) is 0 Å². The summed E-state index contributed by atoms with van der Waals surface area (Å²) >= 11 is 0. The molecule has 0 aromatic carbocycles. The van der Waals surface area contributed by atoms with E-state index in [2.05, 4.69) is 6.92 Å². The number of aliphatic hydroxyl groups is 2. The first kappa shape index (κ1) is 20.9. The summed E-state index contributed by atoms with van der Waals surface area (Å²) in [5, 5.41) is 20.0. The van der Waals surface area contributed by atoms with E-state index in [-0.39, 0.29) is 0 Å². The van der Waals surface area contributed by atoms with Gasteiger partial charge in [0.15, 0.2) is 12.5 Å². The van der Waals surface area contributed by atoms with Gasteiger partial charge in [0.2, 0.25) is 0 Å². The second kappa shape index (κ2) is 12.4. The van der Waals surface area contributed by atoms with Gasteiger partial charge in [-0.2, -0.15) is 0 Å². The van der Waals surface area contributed by atoms with E-state index in [4.69, 9.17) is 0 Å². The summed E-state index contributed by atoms with van der Waals surface area (Å²) in [6.45, 7) is 6.88. The zero-order valence-electron chi connectivity index (χ0n) is 15.0. The van der Waals surface area contributed by atoms with Crippen molar-refractivity contribution in [3.63, 3.8) is 0 Å². The molecule has 2 N–H and O–H groups in total. The molecule has 0 aromatic rings. The summed E-state index contributed by atoms with van der Waals surface area (Å²) in [5.41, 5.74) is 0. The minimum absolute atomic E-state index is 0.369. The van der Waals surface area contributed by atoms with Crippen LogP contribution in [0.3, 0.4) is 0 Å². The van der Waals surface area contributed by atoms with E-state index < -0.39 is 12.5 Å². The van der Waals surface area contributed by atoms with Crippen LogP contribution in [0.15, 0.2) is 0 Å². The fraction of sp³-hybridized carbons (Fsp3) is 1.00. The maximum atomic E-state index is 10.1. The van der Waals surface area contributed by atoms with Gasteiger partial charge < -0.3 is 10.2 Å². The third kappa shape index (κ3) is 8.80. The zero-order chi connectivity index (χ0) is 16.1. The number of nitrogens with zero attached hydrogens (tertiary/aromatic N) is 1. The summed E-state index contributed by atoms with van der Waals surface area (Å²) in [7, 11) is 1.96. The summed E-state index contributed by atoms with van der Waals surface area (Å²) in [6.07, 6.45) is 12.9. The molecule has 0 aliphatic carbocycles. The van der Waals surface area contributed by atoms with Gasteiger partial charge in [-0.3, -0.25) is 4.48 Å². The lowest BCUT2D eigenvalue weighted by Gasteiger charge is -2.40. The maximum Gasteiger partial charge on any atom is 0.192 e. The van der Waals surface area contributed by atoms with Gasteiger partial charge in [-0.15, -0.1) is 0 Å². The van der Waals surface area contributed by atoms with Crippen LogP contribution >= 0.6 is 0 Å². The predicted octanol–water partition coefficient (Wildman–Crippen LogP) is 4.42. The summed E-state index contributed by atoms with van der Waals surface area (Å²) in [4.78, 5) is 0. The van der Waals surface area contributed by atoms with Crippen LogP contribution in [0.1, 0.15) is 91.4 Å². The zero-order valence-corrected chi connectivity index (χ0v) is 15.0. The Morgan fingerprint density at radius 3 is 1.57 bits per heavy atom. The monoisotopic (exact) mass is 302 g/mol. The highest BCUT2D eigenvalue weighted by molar-refractivity contribution is 4.50. The lowest BCUT2D eigenvalue weighted by molar-refractivity contribution is -0.992. The molecule has 0 amide bonds. The van der Waals surface area contributed by atoms with Crippen molar-refractivity contribution in [1.82, 2.24) is 0 Å². The molecule has 0 rings (SSSR count). The minimum atomic E-state index is -0.501. The van der Waals surface area contributed by atoms with Gasteiger partial charge in [-0.1, -0.05) is 65.2 Å². The van der Waals surface area contributed by atoms with Gasteiger partial charge in [0.25, 0.3) is 0 Å². The van der Waals surface area contributed by atoms with Gasteiger partial charge in [-0.25, -0.2) is 0 Å². The van der Waals surface area contributed by atoms with Crippen LogP contribution in [0.25, 0.3) is 0 Å². The van der Waals surface area contributed by atoms with Crippen molar-refractivity contribution in [3.8, 4) is 0 Å². The molecule has 0 heterocycles. The van der Waals surface area contributed by atoms with Crippen LogP contribution < -0.4 is 0 Å². The average Bonchev–Trinajstić information content (AvgIpc) is 2.47. The second-order valence-electron chi connectivity index (χ2n) is 6.77. The van der Waals surface area contributed by atoms with Crippen LogP contribution in [0.5, 0.6) is 0 Å². The Morgan fingerprint density at radius 2 is 1.19 bits per heavy atom. The Hall–Kier alpha value is -0.120. The number of hydrogen-bond donors (Lipinski definition) is 2. The molecule has 3 unspecified atom stereocenters. The normalized spacial score (nSPS) is 17.4. The van der Waals surface area contributed by atoms with Crippen LogP contribution in [0.2, 0.25) is 0 Å². The lowest BCUT2D eigenvalue weighted by atomic mass is 10.1. The standard InChI is InChI=1S/C18H40NO2/c1-5-7-8-9-10-11-12-13-14-15-16-19(4,17(3)20)18(21)6-2/h17-18,20-21H,5-16H2,1-4H3/q+1. The fourth-order valence-corrected chi connectivity index (χ4v) is 2.94. The number of quaternary nitrogens is 1. The van der Waals surface area contributed by atoms with E-state index in [0.29, 0.717) is 10.9 Å². The number of rotatable bonds is 14. The smallest absolute Gasteiger partial charge is 0.192 e. The molecule has 0 fully saturated rings. The van der Waals surface area contributed by atoms with Gasteiger partial charge in [0, 0.05) is 13.3 Å². The molecule has 3 atom stereocenters. The van der Waals surface area contributed by atoms with E-state index in [1.165, 1.54) is 57.8 Å². The molecule has 0 bridgehead atoms. The van der Waals surface area contributed by atoms with E-state index in [9.17, 15) is 10.2 Å². The third-order valence-electron chi connectivity index (χ3n) is 4.89. The van der Waals surface area contributed by atoms with Gasteiger partial charge in [0.1, 0.15) is 0 Å². The number of aliphatic hydroxyl groups excluding tert-OH is 2. The van der Waals surface area contributed by atoms with Crippen LogP contribution in [0.4, 0.5) is 0 Å². The Bertz CT molecular complexity index is 233. The van der Waals surface area contributed by atoms with E-state index in [1.807, 2.05) is 14.0 Å². The largest absolute Gasteiger partial charge is 0.345 e. The molecular weight excluding hydrogens is 262 g/mol. The quantitative estimate of drug-likeness (QED) is 0.283. The van der Waals surface area contributed by atoms with Gasteiger partial charge >= 0.3 is 0 Å². The maximum absolute atomic E-state index is 10.1. The molecule has 0 saturated carbocycles. The minimum Gasteiger partial charge on any atom is -0.345 e. The van der Waals surface area contributed by atoms with Crippen molar-refractivity contribution in [1.29, 1.82) is 0 Å². The van der Waals surface area contributed by atoms with Crippen molar-refractivity contribution in [2.75, 3.05) is 13.6 Å². The van der Waals surface area contributed by atoms with E-state index in [0.717, 1.165) is 13.0 Å². The molecule has 3 heteroatoms. The Kier molecular flexibility index (Phi) is 12.4. The average molecular weight is 303 g/mol. The lowest BCUT2D eigenvalue weighted by Crippen LogP contribution is -2.58. The predicted molar refractivity (Wildman–Crippen MR) is 90.9 cm³/mol. The molecule has 21 heavy (non-hydrogen) atoms. The van der Waals surface area contributed by atoms with Crippen molar-refractivity contribution >= 4 is 0 Å². The summed E-state index contributed by atoms with van der Waals surface area (Å²) in [5.74, 6) is 0. The molecule has 3 nitrogen and oxygen atoms in total. The highest BCUT2D eigenvalue weighted by Crippen LogP contribution is 2.18. The van der Waals surface area contributed by atoms with Crippen molar-refractivity contribution in [2.45, 2.75) is 104 Å². The fourth-order valence-electron chi connectivity index (χ4n) is 2.94. The molecule has 0 saturated heterocycles. The van der Waals surface area contributed by atoms with E-state index >= 15 is 0 Å². The Morgan fingerprint density at radius 1 is 0.762 bits per heavy atom. The molecule has 0 radical (unpaired) electrons. The van der Waals surface area contributed by atoms with E-state index in [1.54, 1.807) is 6.92 Å². The van der Waals surface area contributed by atoms with Gasteiger partial charge in [-0.05, 0) is 12.8 Å². The number of hydrogen-bond acceptors (Lipinski definition) is 2. The first-order valence-electron chi connectivity index (χ1n) is 9.20. The van der Waals surface area contributed by atoms with Crippen molar-refractivity contribution in [2.24, 2.45) is 0 Å². The highest BCUT2D eigenvalue weighted by atomic mass is 16.3. The molecule has 128 valence electrons. The van der Waals surface area contributed by atoms with Crippen LogP contribution in [0, 0.1) is 0 Å². The second-order valence-corrected chi connectivity index (χ2v) is 6.77. The highest BCUT2D eigenvalue weighted by Gasteiger charge is 2.33. The topological polar surface area (TPSA) is 40.5 Å². The molecule has 0 aliphatic rings. The third-order valence-corrected chi connectivity index (χ3v) is 4.89. The molecular formula is C18H40NO2+. The van der Waals surface area contributed by atoms with Crippen molar-refractivity contribution < 1.29 is 14.7 Å². The first-order chi connectivity index (χ1) is 9.99. The Balaban J connectivity index is 3.64. The number of unbranched alkanes of at least 4 members (excludes halogenated alkanes) is 9. The summed E-state index contributed by atoms with van der Waals surface area (Å²) in [6, 6.07) is 0. The molecule has 0 aromatic heterocycles.